The molecule has 18 heavy (non-hydrogen) atoms. The van der Waals surface area contributed by atoms with Crippen LogP contribution in [0.1, 0.15) is 12.0 Å². The van der Waals surface area contributed by atoms with Gasteiger partial charge in [-0.1, -0.05) is 6.08 Å². The highest BCUT2D eigenvalue weighted by atomic mass is 15.1. The Morgan fingerprint density at radius 2 is 2.17 bits per heavy atom. The molecular weight excluding hydrogens is 224 g/mol. The van der Waals surface area contributed by atoms with Gasteiger partial charge in [0.2, 0.25) is 0 Å². The molecule has 1 aromatic heterocycles. The van der Waals surface area contributed by atoms with E-state index in [0.29, 0.717) is 0 Å². The Morgan fingerprint density at radius 3 is 2.89 bits per heavy atom. The highest BCUT2D eigenvalue weighted by Gasteiger charge is 2.13. The maximum Gasteiger partial charge on any atom is 0.0461 e. The van der Waals surface area contributed by atoms with Crippen LogP contribution < -0.4 is 11.9 Å². The van der Waals surface area contributed by atoms with E-state index >= 15 is 0 Å². The topological polar surface area (TPSA) is 80.0 Å². The maximum absolute atomic E-state index is 5.86. The lowest BCUT2D eigenvalue weighted by molar-refractivity contribution is 0.370. The van der Waals surface area contributed by atoms with Gasteiger partial charge in [-0.3, -0.25) is 0 Å². The summed E-state index contributed by atoms with van der Waals surface area (Å²) >= 11 is 0. The lowest BCUT2D eigenvalue weighted by Gasteiger charge is -2.21. The smallest absolute Gasteiger partial charge is 0.0461 e. The third-order valence-electron chi connectivity index (χ3n) is 3.46. The highest BCUT2D eigenvalue weighted by Crippen LogP contribution is 2.29. The number of aromatic amines is 1. The average Bonchev–Trinajstić information content (AvgIpc) is 2.73. The molecule has 96 valence electrons. The zero-order valence-corrected chi connectivity index (χ0v) is 10.7. The molecule has 0 bridgehead atoms. The normalized spacial score (nSPS) is 16.4. The number of nitrogens with two attached hydrogens (primary N) is 1. The molecule has 3 rings (SSSR count). The van der Waals surface area contributed by atoms with Crippen molar-refractivity contribution in [3.63, 3.8) is 0 Å². The maximum atomic E-state index is 5.86. The Labute approximate surface area is 107 Å². The number of nitrogens with one attached hydrogen (secondary N) is 1. The van der Waals surface area contributed by atoms with Crippen molar-refractivity contribution in [3.8, 4) is 0 Å². The Kier molecular flexibility index (Phi) is 3.41. The van der Waals surface area contributed by atoms with E-state index in [0.717, 1.165) is 30.7 Å². The molecule has 0 radical (unpaired) electrons. The molecular formula is C14H20N4. The second-order valence-corrected chi connectivity index (χ2v) is 4.75. The highest BCUT2D eigenvalue weighted by molar-refractivity contribution is 5.94. The van der Waals surface area contributed by atoms with Crippen LogP contribution in [0.3, 0.4) is 0 Å². The van der Waals surface area contributed by atoms with Crippen LogP contribution in [0.2, 0.25) is 0 Å². The average molecular weight is 244 g/mol. The van der Waals surface area contributed by atoms with Gasteiger partial charge >= 0.3 is 0 Å². The van der Waals surface area contributed by atoms with E-state index in [1.165, 1.54) is 16.5 Å². The van der Waals surface area contributed by atoms with Crippen molar-refractivity contribution in [1.82, 2.24) is 16.0 Å². The molecule has 1 aromatic carbocycles. The minimum atomic E-state index is 0. The molecule has 2 heterocycles. The summed E-state index contributed by atoms with van der Waals surface area (Å²) in [4.78, 5) is 5.64. The van der Waals surface area contributed by atoms with Gasteiger partial charge in [0.15, 0.2) is 0 Å². The van der Waals surface area contributed by atoms with Crippen LogP contribution in [0.4, 0.5) is 5.69 Å². The van der Waals surface area contributed by atoms with E-state index < -0.39 is 0 Å². The van der Waals surface area contributed by atoms with Gasteiger partial charge in [0, 0.05) is 41.4 Å². The van der Waals surface area contributed by atoms with Crippen LogP contribution in [-0.2, 0) is 0 Å². The summed E-state index contributed by atoms with van der Waals surface area (Å²) in [7, 11) is 2.15. The third-order valence-corrected chi connectivity index (χ3v) is 3.46. The molecule has 0 atom stereocenters. The van der Waals surface area contributed by atoms with E-state index in [1.807, 2.05) is 12.1 Å². The fourth-order valence-corrected chi connectivity index (χ4v) is 2.42. The van der Waals surface area contributed by atoms with Gasteiger partial charge in [-0.25, -0.2) is 0 Å². The minimum absolute atomic E-state index is 0. The summed E-state index contributed by atoms with van der Waals surface area (Å²) < 4.78 is 0. The Balaban J connectivity index is 0.00000120. The number of rotatable bonds is 1. The number of nitrogen functional groups attached to an aromatic ring is 1. The summed E-state index contributed by atoms with van der Waals surface area (Å²) in [6, 6.07) is 6.04. The van der Waals surface area contributed by atoms with E-state index in [2.05, 4.69) is 35.3 Å². The number of likely N-dealkylation sites (N-methyl/N-ethyl adjacent to an activating group) is 1. The molecule has 4 nitrogen and oxygen atoms in total. The zero-order chi connectivity index (χ0) is 11.8. The number of hydrogen-bond donors (Lipinski definition) is 3. The summed E-state index contributed by atoms with van der Waals surface area (Å²) in [6.07, 6.45) is 5.52. The van der Waals surface area contributed by atoms with Crippen molar-refractivity contribution < 1.29 is 0 Å². The van der Waals surface area contributed by atoms with Gasteiger partial charge in [-0.05, 0) is 37.2 Å². The molecule has 0 amide bonds. The fraction of sp³-hybridized carbons (Fsp3) is 0.286. The van der Waals surface area contributed by atoms with Crippen molar-refractivity contribution in [2.24, 2.45) is 0 Å². The second-order valence-electron chi connectivity index (χ2n) is 4.75. The molecule has 0 saturated carbocycles. The summed E-state index contributed by atoms with van der Waals surface area (Å²) in [5.41, 5.74) is 10.6. The van der Waals surface area contributed by atoms with Gasteiger partial charge in [0.1, 0.15) is 0 Å². The molecule has 6 N–H and O–H groups in total. The lowest BCUT2D eigenvalue weighted by atomic mass is 9.99. The zero-order valence-electron chi connectivity index (χ0n) is 10.7. The Morgan fingerprint density at radius 1 is 1.33 bits per heavy atom. The first kappa shape index (κ1) is 12.7. The van der Waals surface area contributed by atoms with E-state index in [1.54, 1.807) is 0 Å². The number of anilines is 1. The Hall–Kier alpha value is -1.78. The summed E-state index contributed by atoms with van der Waals surface area (Å²) in [5.74, 6) is 0. The molecule has 2 aromatic rings. The number of H-pyrrole nitrogens is 1. The fourth-order valence-electron chi connectivity index (χ4n) is 2.42. The SMILES string of the molecule is CN1CC=C(c2c[nH]c3ccc(N)cc23)CC1.N. The molecule has 0 spiro atoms. The van der Waals surface area contributed by atoms with Crippen LogP contribution in [0.5, 0.6) is 0 Å². The van der Waals surface area contributed by atoms with Crippen molar-refractivity contribution in [1.29, 1.82) is 0 Å². The predicted molar refractivity (Wildman–Crippen MR) is 77.8 cm³/mol. The van der Waals surface area contributed by atoms with Gasteiger partial charge in [0.25, 0.3) is 0 Å². The molecule has 1 aliphatic heterocycles. The van der Waals surface area contributed by atoms with Crippen molar-refractivity contribution in [2.75, 3.05) is 25.9 Å². The van der Waals surface area contributed by atoms with E-state index in [4.69, 9.17) is 5.73 Å². The standard InChI is InChI=1S/C14H17N3.H3N/c1-17-6-4-10(5-7-17)13-9-16-14-3-2-11(15)8-12(13)14;/h2-4,8-9,16H,5-7,15H2,1H3;1H3. The monoisotopic (exact) mass is 244 g/mol. The summed E-state index contributed by atoms with van der Waals surface area (Å²) in [6.45, 7) is 2.16. The van der Waals surface area contributed by atoms with Gasteiger partial charge in [0.05, 0.1) is 0 Å². The van der Waals surface area contributed by atoms with Crippen LogP contribution in [0.15, 0.2) is 30.5 Å². The van der Waals surface area contributed by atoms with Gasteiger partial charge in [-0.15, -0.1) is 0 Å². The number of aromatic nitrogens is 1. The number of benzene rings is 1. The molecule has 4 heteroatoms. The van der Waals surface area contributed by atoms with Crippen molar-refractivity contribution in [2.45, 2.75) is 6.42 Å². The van der Waals surface area contributed by atoms with Gasteiger partial charge in [-0.2, -0.15) is 0 Å². The molecule has 0 unspecified atom stereocenters. The van der Waals surface area contributed by atoms with Crippen LogP contribution in [0.25, 0.3) is 16.5 Å². The molecule has 0 fully saturated rings. The van der Waals surface area contributed by atoms with Crippen LogP contribution in [-0.4, -0.2) is 30.0 Å². The summed E-state index contributed by atoms with van der Waals surface area (Å²) in [5, 5.41) is 1.24. The molecule has 0 aliphatic carbocycles. The first-order valence-corrected chi connectivity index (χ1v) is 5.98. The van der Waals surface area contributed by atoms with Crippen molar-refractivity contribution >= 4 is 22.2 Å². The largest absolute Gasteiger partial charge is 0.399 e. The number of nitrogens with zero attached hydrogens (tertiary/aromatic N) is 1. The first-order chi connectivity index (χ1) is 8.24. The first-order valence-electron chi connectivity index (χ1n) is 5.98. The lowest BCUT2D eigenvalue weighted by Crippen LogP contribution is -2.23. The predicted octanol–water partition coefficient (Wildman–Crippen LogP) is 2.63. The molecule has 1 aliphatic rings. The second kappa shape index (κ2) is 4.84. The van der Waals surface area contributed by atoms with Crippen LogP contribution >= 0.6 is 0 Å². The third kappa shape index (κ3) is 2.12. The molecule has 0 saturated heterocycles. The van der Waals surface area contributed by atoms with Crippen LogP contribution in [0, 0.1) is 0 Å². The quantitative estimate of drug-likeness (QED) is 0.675. The number of hydrogen-bond acceptors (Lipinski definition) is 3. The number of fused-ring (bicyclic) bond motifs is 1. The van der Waals surface area contributed by atoms with E-state index in [-0.39, 0.29) is 6.15 Å². The van der Waals surface area contributed by atoms with Crippen molar-refractivity contribution in [3.05, 3.63) is 36.0 Å². The van der Waals surface area contributed by atoms with Gasteiger partial charge < -0.3 is 21.8 Å². The minimum Gasteiger partial charge on any atom is -0.399 e. The van der Waals surface area contributed by atoms with E-state index in [9.17, 15) is 0 Å². The Bertz CT molecular complexity index is 582.